The number of carboxylic acid groups (broad SMARTS) is 1. The van der Waals surface area contributed by atoms with Crippen LogP contribution < -0.4 is 5.73 Å². The first-order chi connectivity index (χ1) is 7.90. The van der Waals surface area contributed by atoms with E-state index in [0.29, 0.717) is 32.5 Å². The molecule has 17 heavy (non-hydrogen) atoms. The summed E-state index contributed by atoms with van der Waals surface area (Å²) in [5, 5.41) is 9.18. The molecule has 0 aromatic heterocycles. The molecule has 0 radical (unpaired) electrons. The topological polar surface area (TPSA) is 83.6 Å². The van der Waals surface area contributed by atoms with Crippen molar-refractivity contribution >= 4 is 11.9 Å². The number of carboxylic acids is 1. The molecule has 0 saturated carbocycles. The normalized spacial score (nSPS) is 26.6. The Balaban J connectivity index is 2.66. The molecule has 1 saturated heterocycles. The number of amides is 1. The molecular formula is C12H22N2O3. The molecule has 2 atom stereocenters. The van der Waals surface area contributed by atoms with Crippen LogP contribution in [0, 0.1) is 11.3 Å². The number of nitrogens with zero attached hydrogens (tertiary/aromatic N) is 1. The molecule has 0 aliphatic carbocycles. The molecule has 1 heterocycles. The third-order valence-corrected chi connectivity index (χ3v) is 3.55. The van der Waals surface area contributed by atoms with Crippen LogP contribution in [0.4, 0.5) is 0 Å². The molecule has 0 aromatic rings. The Morgan fingerprint density at radius 3 is 2.71 bits per heavy atom. The summed E-state index contributed by atoms with van der Waals surface area (Å²) < 4.78 is 0. The van der Waals surface area contributed by atoms with Gasteiger partial charge in [0, 0.05) is 19.0 Å². The van der Waals surface area contributed by atoms with Crippen molar-refractivity contribution in [1.29, 1.82) is 0 Å². The summed E-state index contributed by atoms with van der Waals surface area (Å²) in [5.74, 6) is -0.903. The summed E-state index contributed by atoms with van der Waals surface area (Å²) in [7, 11) is 0. The first-order valence-electron chi connectivity index (χ1n) is 6.13. The van der Waals surface area contributed by atoms with Crippen LogP contribution in [0.2, 0.25) is 0 Å². The van der Waals surface area contributed by atoms with Crippen LogP contribution in [0.5, 0.6) is 0 Å². The molecule has 2 unspecified atom stereocenters. The molecule has 0 bridgehead atoms. The third kappa shape index (κ3) is 3.19. The van der Waals surface area contributed by atoms with E-state index in [0.717, 1.165) is 6.42 Å². The largest absolute Gasteiger partial charge is 0.481 e. The maximum atomic E-state index is 12.1. The fourth-order valence-corrected chi connectivity index (χ4v) is 2.29. The molecule has 1 amide bonds. The standard InChI is InChI=1S/C12H22N2O3/c1-9(4-6-13)10(15)14-7-3-5-12(2,8-14)11(16)17/h9H,3-8,13H2,1-2H3,(H,16,17). The van der Waals surface area contributed by atoms with Crippen LogP contribution in [-0.4, -0.2) is 41.5 Å². The van der Waals surface area contributed by atoms with Crippen molar-refractivity contribution in [2.24, 2.45) is 17.1 Å². The Kier molecular flexibility index (Phi) is 4.51. The summed E-state index contributed by atoms with van der Waals surface area (Å²) in [6.45, 7) is 5.02. The van der Waals surface area contributed by atoms with Crippen LogP contribution in [0.1, 0.15) is 33.1 Å². The van der Waals surface area contributed by atoms with E-state index in [1.165, 1.54) is 0 Å². The van der Waals surface area contributed by atoms with Crippen molar-refractivity contribution < 1.29 is 14.7 Å². The van der Waals surface area contributed by atoms with Gasteiger partial charge in [-0.1, -0.05) is 6.92 Å². The number of nitrogens with two attached hydrogens (primary N) is 1. The fraction of sp³-hybridized carbons (Fsp3) is 0.833. The zero-order chi connectivity index (χ0) is 13.1. The van der Waals surface area contributed by atoms with Gasteiger partial charge in [0.1, 0.15) is 0 Å². The highest BCUT2D eigenvalue weighted by molar-refractivity contribution is 5.81. The maximum Gasteiger partial charge on any atom is 0.311 e. The number of rotatable bonds is 4. The van der Waals surface area contributed by atoms with Crippen LogP contribution >= 0.6 is 0 Å². The number of carbonyl (C=O) groups is 2. The Morgan fingerprint density at radius 2 is 2.18 bits per heavy atom. The predicted molar refractivity (Wildman–Crippen MR) is 64.4 cm³/mol. The van der Waals surface area contributed by atoms with Crippen molar-refractivity contribution in [3.05, 3.63) is 0 Å². The van der Waals surface area contributed by atoms with E-state index in [9.17, 15) is 14.7 Å². The van der Waals surface area contributed by atoms with Gasteiger partial charge in [-0.25, -0.2) is 0 Å². The number of hydrogen-bond donors (Lipinski definition) is 2. The zero-order valence-corrected chi connectivity index (χ0v) is 10.6. The minimum absolute atomic E-state index is 0.0302. The van der Waals surface area contributed by atoms with Crippen LogP contribution in [0.15, 0.2) is 0 Å². The lowest BCUT2D eigenvalue weighted by Crippen LogP contribution is -2.49. The van der Waals surface area contributed by atoms with Gasteiger partial charge < -0.3 is 15.7 Å². The molecule has 3 N–H and O–H groups in total. The second kappa shape index (κ2) is 5.49. The summed E-state index contributed by atoms with van der Waals surface area (Å²) in [6.07, 6.45) is 2.04. The first-order valence-corrected chi connectivity index (χ1v) is 6.13. The predicted octanol–water partition coefficient (Wildman–Crippen LogP) is 0.685. The smallest absolute Gasteiger partial charge is 0.311 e. The van der Waals surface area contributed by atoms with E-state index in [1.54, 1.807) is 11.8 Å². The van der Waals surface area contributed by atoms with E-state index in [4.69, 9.17) is 5.73 Å². The highest BCUT2D eigenvalue weighted by Crippen LogP contribution is 2.30. The second-order valence-corrected chi connectivity index (χ2v) is 5.21. The number of aliphatic carboxylic acids is 1. The first kappa shape index (κ1) is 14.0. The van der Waals surface area contributed by atoms with Crippen LogP contribution in [-0.2, 0) is 9.59 Å². The zero-order valence-electron chi connectivity index (χ0n) is 10.6. The van der Waals surface area contributed by atoms with Crippen LogP contribution in [0.3, 0.4) is 0 Å². The Morgan fingerprint density at radius 1 is 1.53 bits per heavy atom. The van der Waals surface area contributed by atoms with Gasteiger partial charge in [-0.15, -0.1) is 0 Å². The van der Waals surface area contributed by atoms with Crippen molar-refractivity contribution in [1.82, 2.24) is 4.90 Å². The third-order valence-electron chi connectivity index (χ3n) is 3.55. The lowest BCUT2D eigenvalue weighted by molar-refractivity contribution is -0.154. The molecule has 1 aliphatic heterocycles. The van der Waals surface area contributed by atoms with Crippen molar-refractivity contribution in [3.8, 4) is 0 Å². The lowest BCUT2D eigenvalue weighted by Gasteiger charge is -2.38. The van der Waals surface area contributed by atoms with E-state index in [1.807, 2.05) is 6.92 Å². The molecule has 5 heteroatoms. The lowest BCUT2D eigenvalue weighted by atomic mass is 9.81. The van der Waals surface area contributed by atoms with Gasteiger partial charge >= 0.3 is 5.97 Å². The van der Waals surface area contributed by atoms with E-state index < -0.39 is 11.4 Å². The van der Waals surface area contributed by atoms with Gasteiger partial charge in [0.25, 0.3) is 0 Å². The van der Waals surface area contributed by atoms with Gasteiger partial charge in [0.2, 0.25) is 5.91 Å². The van der Waals surface area contributed by atoms with Gasteiger partial charge in [-0.3, -0.25) is 9.59 Å². The quantitative estimate of drug-likeness (QED) is 0.759. The Bertz CT molecular complexity index is 306. The maximum absolute atomic E-state index is 12.1. The van der Waals surface area contributed by atoms with E-state index in [-0.39, 0.29) is 11.8 Å². The number of hydrogen-bond acceptors (Lipinski definition) is 3. The minimum Gasteiger partial charge on any atom is -0.481 e. The summed E-state index contributed by atoms with van der Waals surface area (Å²) in [5.41, 5.74) is 4.64. The van der Waals surface area contributed by atoms with E-state index in [2.05, 4.69) is 0 Å². The van der Waals surface area contributed by atoms with E-state index >= 15 is 0 Å². The SMILES string of the molecule is CC(CCN)C(=O)N1CCCC(C)(C(=O)O)C1. The number of piperidine rings is 1. The summed E-state index contributed by atoms with van der Waals surface area (Å²) in [6, 6.07) is 0. The molecule has 5 nitrogen and oxygen atoms in total. The van der Waals surface area contributed by atoms with Crippen molar-refractivity contribution in [2.45, 2.75) is 33.1 Å². The number of likely N-dealkylation sites (tertiary alicyclic amines) is 1. The minimum atomic E-state index is -0.818. The van der Waals surface area contributed by atoms with Gasteiger partial charge in [-0.05, 0) is 32.7 Å². The molecule has 1 fully saturated rings. The summed E-state index contributed by atoms with van der Waals surface area (Å²) >= 11 is 0. The molecule has 0 spiro atoms. The van der Waals surface area contributed by atoms with Crippen LogP contribution in [0.25, 0.3) is 0 Å². The average Bonchev–Trinajstić information content (AvgIpc) is 2.28. The van der Waals surface area contributed by atoms with Gasteiger partial charge in [0.15, 0.2) is 0 Å². The fourth-order valence-electron chi connectivity index (χ4n) is 2.29. The van der Waals surface area contributed by atoms with Gasteiger partial charge in [0.05, 0.1) is 5.41 Å². The Hall–Kier alpha value is -1.10. The highest BCUT2D eigenvalue weighted by atomic mass is 16.4. The second-order valence-electron chi connectivity index (χ2n) is 5.21. The molecule has 0 aromatic carbocycles. The van der Waals surface area contributed by atoms with Crippen molar-refractivity contribution in [2.75, 3.05) is 19.6 Å². The van der Waals surface area contributed by atoms with Crippen molar-refractivity contribution in [3.63, 3.8) is 0 Å². The molecule has 98 valence electrons. The van der Waals surface area contributed by atoms with Gasteiger partial charge in [-0.2, -0.15) is 0 Å². The molecule has 1 aliphatic rings. The average molecular weight is 242 g/mol. The molecular weight excluding hydrogens is 220 g/mol. The highest BCUT2D eigenvalue weighted by Gasteiger charge is 2.39. The summed E-state index contributed by atoms with van der Waals surface area (Å²) in [4.78, 5) is 24.9. The Labute approximate surface area is 102 Å². The number of carbonyl (C=O) groups excluding carboxylic acids is 1. The monoisotopic (exact) mass is 242 g/mol. The molecule has 1 rings (SSSR count).